The summed E-state index contributed by atoms with van der Waals surface area (Å²) in [4.78, 5) is 19.8. The number of aryl methyl sites for hydroxylation is 1. The highest BCUT2D eigenvalue weighted by Crippen LogP contribution is 2.28. The number of halogens is 1. The van der Waals surface area contributed by atoms with Crippen molar-refractivity contribution in [3.05, 3.63) is 76.2 Å². The lowest BCUT2D eigenvalue weighted by molar-refractivity contribution is -0.699. The van der Waals surface area contributed by atoms with Gasteiger partial charge in [0.2, 0.25) is 5.69 Å². The summed E-state index contributed by atoms with van der Waals surface area (Å²) in [6.45, 7) is 9.24. The summed E-state index contributed by atoms with van der Waals surface area (Å²) in [6, 6.07) is 15.5. The van der Waals surface area contributed by atoms with E-state index in [1.807, 2.05) is 42.5 Å². The minimum absolute atomic E-state index is 0. The van der Waals surface area contributed by atoms with Crippen molar-refractivity contribution in [2.45, 2.75) is 40.2 Å². The van der Waals surface area contributed by atoms with Crippen molar-refractivity contribution in [1.29, 1.82) is 0 Å². The molecule has 6 heteroatoms. The van der Waals surface area contributed by atoms with Crippen LogP contribution in [0, 0.1) is 0 Å². The molecular weight excluding hydrogens is 478 g/mol. The minimum Gasteiger partial charge on any atom is -1.00 e. The largest absolute Gasteiger partial charge is 1.00 e. The number of rotatable bonds is 8. The molecule has 0 radical (unpaired) electrons. The fourth-order valence-corrected chi connectivity index (χ4v) is 3.92. The first-order valence-corrected chi connectivity index (χ1v) is 11.4. The lowest BCUT2D eigenvalue weighted by Crippen LogP contribution is -3.00. The van der Waals surface area contributed by atoms with Crippen LogP contribution in [0.4, 0.5) is 5.69 Å². The van der Waals surface area contributed by atoms with Gasteiger partial charge in [0.05, 0.1) is 0 Å². The molecule has 0 amide bonds. The van der Waals surface area contributed by atoms with E-state index in [0.717, 1.165) is 49.4 Å². The standard InChI is InChI=1S/C27H30N3O2.BrH/c1-4-7-15-30-16-9-8-10-21(30)12-11-20-17-24-27(19-25(20)31)32-26-18-22(29(5-2)6-3)13-14-23(26)28-24;/h8-14,16-19H,4-7,15H2,1-3H3;1H/q+1;/p-1. The first-order valence-electron chi connectivity index (χ1n) is 11.4. The van der Waals surface area contributed by atoms with Crippen LogP contribution in [-0.4, -0.2) is 18.1 Å². The number of aromatic nitrogens is 2. The fourth-order valence-electron chi connectivity index (χ4n) is 3.92. The number of nitrogens with zero attached hydrogens (tertiary/aromatic N) is 3. The Kier molecular flexibility index (Phi) is 8.39. The van der Waals surface area contributed by atoms with Crippen molar-refractivity contribution < 1.29 is 26.0 Å². The van der Waals surface area contributed by atoms with Crippen LogP contribution in [0.25, 0.3) is 34.7 Å². The average Bonchev–Trinajstić information content (AvgIpc) is 2.81. The number of hydrogen-bond acceptors (Lipinski definition) is 4. The molecule has 33 heavy (non-hydrogen) atoms. The van der Waals surface area contributed by atoms with Gasteiger partial charge in [-0.2, -0.15) is 4.57 Å². The average molecular weight is 508 g/mol. The van der Waals surface area contributed by atoms with Crippen molar-refractivity contribution in [3.63, 3.8) is 0 Å². The van der Waals surface area contributed by atoms with E-state index >= 15 is 0 Å². The third kappa shape index (κ3) is 5.50. The third-order valence-corrected chi connectivity index (χ3v) is 5.79. The van der Waals surface area contributed by atoms with E-state index in [1.54, 1.807) is 6.07 Å². The van der Waals surface area contributed by atoms with Gasteiger partial charge in [0.1, 0.15) is 17.8 Å². The first-order chi connectivity index (χ1) is 15.6. The van der Waals surface area contributed by atoms with Gasteiger partial charge in [0.15, 0.2) is 23.0 Å². The lowest BCUT2D eigenvalue weighted by atomic mass is 10.1. The second-order valence-corrected chi connectivity index (χ2v) is 7.90. The van der Waals surface area contributed by atoms with E-state index in [-0.39, 0.29) is 22.4 Å². The molecule has 1 aliphatic carbocycles. The van der Waals surface area contributed by atoms with Gasteiger partial charge in [0.25, 0.3) is 0 Å². The number of fused-ring (bicyclic) bond motifs is 2. The predicted molar refractivity (Wildman–Crippen MR) is 131 cm³/mol. The monoisotopic (exact) mass is 507 g/mol. The second-order valence-electron chi connectivity index (χ2n) is 7.90. The molecule has 0 saturated carbocycles. The van der Waals surface area contributed by atoms with E-state index < -0.39 is 0 Å². The molecule has 2 aliphatic rings. The normalized spacial score (nSPS) is 11.2. The Morgan fingerprint density at radius 2 is 1.85 bits per heavy atom. The van der Waals surface area contributed by atoms with E-state index in [9.17, 15) is 4.79 Å². The zero-order valence-corrected chi connectivity index (χ0v) is 21.0. The molecule has 1 aliphatic heterocycles. The number of unbranched alkanes of at least 4 members (excludes halogenated alkanes) is 1. The molecule has 2 aromatic rings. The predicted octanol–water partition coefficient (Wildman–Crippen LogP) is 2.40. The Labute approximate surface area is 205 Å². The van der Waals surface area contributed by atoms with Crippen molar-refractivity contribution in [2.75, 3.05) is 18.0 Å². The van der Waals surface area contributed by atoms with Gasteiger partial charge < -0.3 is 26.3 Å². The molecule has 4 rings (SSSR count). The number of hydrogen-bond donors (Lipinski definition) is 0. The Morgan fingerprint density at radius 3 is 2.61 bits per heavy atom. The van der Waals surface area contributed by atoms with E-state index in [2.05, 4.69) is 48.6 Å². The molecule has 0 atom stereocenters. The van der Waals surface area contributed by atoms with Gasteiger partial charge in [-0.3, -0.25) is 4.79 Å². The Morgan fingerprint density at radius 1 is 1.03 bits per heavy atom. The maximum Gasteiger partial charge on any atom is 0.205 e. The lowest BCUT2D eigenvalue weighted by Gasteiger charge is -2.21. The van der Waals surface area contributed by atoms with Gasteiger partial charge in [-0.25, -0.2) is 4.98 Å². The van der Waals surface area contributed by atoms with Crippen LogP contribution in [0.2, 0.25) is 0 Å². The molecule has 0 saturated heterocycles. The molecule has 5 nitrogen and oxygen atoms in total. The third-order valence-electron chi connectivity index (χ3n) is 5.79. The Hall–Kier alpha value is -2.99. The Bertz CT molecular complexity index is 1280. The number of anilines is 1. The molecule has 0 spiro atoms. The number of pyridine rings is 1. The van der Waals surface area contributed by atoms with Gasteiger partial charge in [0, 0.05) is 61.1 Å². The van der Waals surface area contributed by atoms with E-state index in [0.29, 0.717) is 22.6 Å². The highest BCUT2D eigenvalue weighted by Gasteiger charge is 2.14. The first kappa shape index (κ1) is 24.6. The molecule has 0 N–H and O–H groups in total. The minimum atomic E-state index is -0.0745. The molecule has 0 fully saturated rings. The fraction of sp³-hybridized carbons (Fsp3) is 0.296. The zero-order valence-electron chi connectivity index (χ0n) is 19.4. The van der Waals surface area contributed by atoms with Crippen LogP contribution in [-0.2, 0) is 6.54 Å². The van der Waals surface area contributed by atoms with Crippen molar-refractivity contribution in [3.8, 4) is 11.5 Å². The van der Waals surface area contributed by atoms with Crippen LogP contribution in [0.15, 0.2) is 63.9 Å². The van der Waals surface area contributed by atoms with Gasteiger partial charge >= 0.3 is 0 Å². The van der Waals surface area contributed by atoms with Crippen molar-refractivity contribution in [2.24, 2.45) is 0 Å². The summed E-state index contributed by atoms with van der Waals surface area (Å²) in [6.07, 6.45) is 8.20. The van der Waals surface area contributed by atoms with Crippen LogP contribution < -0.4 is 31.9 Å². The molecule has 172 valence electrons. The van der Waals surface area contributed by atoms with Crippen LogP contribution in [0.3, 0.4) is 0 Å². The van der Waals surface area contributed by atoms with Crippen LogP contribution >= 0.6 is 0 Å². The molecule has 0 bridgehead atoms. The summed E-state index contributed by atoms with van der Waals surface area (Å²) in [7, 11) is 0. The van der Waals surface area contributed by atoms with Crippen LogP contribution in [0.1, 0.15) is 44.9 Å². The molecule has 2 heterocycles. The quantitative estimate of drug-likeness (QED) is 0.271. The summed E-state index contributed by atoms with van der Waals surface area (Å²) < 4.78 is 8.28. The Balaban J connectivity index is 0.00000306. The molecule has 0 unspecified atom stereocenters. The highest BCUT2D eigenvalue weighted by atomic mass is 79.9. The molecular formula is C27H30BrN3O2. The summed E-state index contributed by atoms with van der Waals surface area (Å²) in [5, 5.41) is 0. The highest BCUT2D eigenvalue weighted by molar-refractivity contribution is 5.81. The van der Waals surface area contributed by atoms with E-state index in [4.69, 9.17) is 9.40 Å². The topological polar surface area (TPSA) is 50.2 Å². The summed E-state index contributed by atoms with van der Waals surface area (Å²) in [5.41, 5.74) is 4.83. The van der Waals surface area contributed by atoms with Gasteiger partial charge in [-0.15, -0.1) is 0 Å². The van der Waals surface area contributed by atoms with Crippen LogP contribution in [0.5, 0.6) is 0 Å². The van der Waals surface area contributed by atoms with Gasteiger partial charge in [-0.1, -0.05) is 13.3 Å². The maximum absolute atomic E-state index is 12.8. The zero-order chi connectivity index (χ0) is 22.5. The maximum atomic E-state index is 12.8. The van der Waals surface area contributed by atoms with Crippen molar-refractivity contribution >= 4 is 28.9 Å². The van der Waals surface area contributed by atoms with Crippen molar-refractivity contribution in [1.82, 2.24) is 4.98 Å². The second kappa shape index (κ2) is 11.2. The molecule has 1 aromatic carbocycles. The number of benzene rings is 2. The van der Waals surface area contributed by atoms with E-state index in [1.165, 1.54) is 0 Å². The van der Waals surface area contributed by atoms with Gasteiger partial charge in [-0.05, 0) is 44.2 Å². The summed E-state index contributed by atoms with van der Waals surface area (Å²) >= 11 is 0. The smallest absolute Gasteiger partial charge is 0.205 e. The molecule has 1 aromatic heterocycles. The summed E-state index contributed by atoms with van der Waals surface area (Å²) in [5.74, 6) is 0.508. The SMILES string of the molecule is CCCC[n+]1ccccc1C=Cc1cc2nc3ccc(N(CC)CC)cc3oc-2cc1=O.[Br-].